The Morgan fingerprint density at radius 1 is 1.27 bits per heavy atom. The molecule has 0 bridgehead atoms. The molecular weight excluding hydrogens is 350 g/mol. The van der Waals surface area contributed by atoms with Crippen molar-refractivity contribution in [1.29, 1.82) is 0 Å². The minimum atomic E-state index is -1.41. The van der Waals surface area contributed by atoms with Gasteiger partial charge in [0.2, 0.25) is 0 Å². The molecule has 0 aliphatic rings. The van der Waals surface area contributed by atoms with Crippen molar-refractivity contribution in [3.05, 3.63) is 59.2 Å². The lowest BCUT2D eigenvalue weighted by Crippen LogP contribution is -2.12. The van der Waals surface area contributed by atoms with Gasteiger partial charge in [-0.1, -0.05) is 0 Å². The van der Waals surface area contributed by atoms with E-state index in [1.165, 1.54) is 24.5 Å². The lowest BCUT2D eigenvalue weighted by Gasteiger charge is -2.08. The van der Waals surface area contributed by atoms with Gasteiger partial charge in [-0.15, -0.1) is 0 Å². The molecule has 0 fully saturated rings. The maximum absolute atomic E-state index is 13.4. The molecule has 0 aliphatic carbocycles. The van der Waals surface area contributed by atoms with Crippen molar-refractivity contribution in [1.82, 2.24) is 4.57 Å². The maximum atomic E-state index is 13.4. The van der Waals surface area contributed by atoms with Crippen LogP contribution >= 0.6 is 0 Å². The van der Waals surface area contributed by atoms with Crippen LogP contribution in [0, 0.1) is 11.6 Å². The van der Waals surface area contributed by atoms with Crippen molar-refractivity contribution in [2.75, 3.05) is 6.61 Å². The van der Waals surface area contributed by atoms with Gasteiger partial charge in [0.1, 0.15) is 11.5 Å². The van der Waals surface area contributed by atoms with Gasteiger partial charge in [-0.3, -0.25) is 0 Å². The summed E-state index contributed by atoms with van der Waals surface area (Å²) in [6.45, 7) is 1.79. The van der Waals surface area contributed by atoms with Crippen molar-refractivity contribution in [2.45, 2.75) is 6.92 Å². The monoisotopic (exact) mass is 364 g/mol. The Hall–Kier alpha value is -3.49. The average molecular weight is 364 g/mol. The Kier molecular flexibility index (Phi) is 5.84. The van der Waals surface area contributed by atoms with Gasteiger partial charge in [-0.25, -0.2) is 18.4 Å². The zero-order valence-corrected chi connectivity index (χ0v) is 13.5. The SMILES string of the molecule is CCOC(=O)N=c1ccn(C(=Cc2cc(F)cc(F)c2O)C(=O)O)cc1. The summed E-state index contributed by atoms with van der Waals surface area (Å²) in [5.74, 6) is -4.46. The predicted molar refractivity (Wildman–Crippen MR) is 86.8 cm³/mol. The molecule has 1 heterocycles. The number of carboxylic acid groups (broad SMARTS) is 1. The first-order valence-corrected chi connectivity index (χ1v) is 7.35. The van der Waals surface area contributed by atoms with E-state index in [1.807, 2.05) is 0 Å². The molecule has 9 heteroatoms. The highest BCUT2D eigenvalue weighted by Crippen LogP contribution is 2.25. The number of aromatic nitrogens is 1. The Morgan fingerprint density at radius 3 is 2.50 bits per heavy atom. The van der Waals surface area contributed by atoms with E-state index in [0.29, 0.717) is 6.07 Å². The van der Waals surface area contributed by atoms with E-state index in [1.54, 1.807) is 6.92 Å². The number of ether oxygens (including phenoxy) is 1. The standard InChI is InChI=1S/C17H14F2N2O5/c1-2-26-17(25)20-12-3-5-21(6-4-12)14(16(23)24)8-10-7-11(18)9-13(19)15(10)22/h3-9,22H,2H2,1H3,(H,23,24). The molecule has 1 aromatic heterocycles. The van der Waals surface area contributed by atoms with Gasteiger partial charge in [0.05, 0.1) is 12.0 Å². The highest BCUT2D eigenvalue weighted by atomic mass is 19.1. The van der Waals surface area contributed by atoms with Crippen LogP contribution in [-0.4, -0.2) is 33.4 Å². The molecule has 0 spiro atoms. The quantitative estimate of drug-likeness (QED) is 0.812. The van der Waals surface area contributed by atoms with Crippen LogP contribution in [0.25, 0.3) is 11.8 Å². The van der Waals surface area contributed by atoms with Gasteiger partial charge in [0.15, 0.2) is 11.6 Å². The van der Waals surface area contributed by atoms with Crippen LogP contribution in [0.5, 0.6) is 5.75 Å². The number of carbonyl (C=O) groups excluding carboxylic acids is 1. The highest BCUT2D eigenvalue weighted by molar-refractivity contribution is 6.14. The van der Waals surface area contributed by atoms with Gasteiger partial charge in [-0.05, 0) is 31.2 Å². The third-order valence-corrected chi connectivity index (χ3v) is 3.15. The van der Waals surface area contributed by atoms with E-state index >= 15 is 0 Å². The number of rotatable bonds is 4. The molecule has 0 saturated carbocycles. The van der Waals surface area contributed by atoms with E-state index in [0.717, 1.165) is 16.7 Å². The molecule has 1 amide bonds. The van der Waals surface area contributed by atoms with Crippen molar-refractivity contribution in [3.63, 3.8) is 0 Å². The summed E-state index contributed by atoms with van der Waals surface area (Å²) in [5, 5.41) is 19.2. The highest BCUT2D eigenvalue weighted by Gasteiger charge is 2.14. The van der Waals surface area contributed by atoms with Crippen molar-refractivity contribution in [3.8, 4) is 5.75 Å². The molecule has 0 radical (unpaired) electrons. The Bertz CT molecular complexity index is 930. The molecule has 136 valence electrons. The molecule has 2 aromatic rings. The summed E-state index contributed by atoms with van der Waals surface area (Å²) in [4.78, 5) is 26.4. The fourth-order valence-corrected chi connectivity index (χ4v) is 2.00. The third kappa shape index (κ3) is 4.53. The maximum Gasteiger partial charge on any atom is 0.434 e. The number of amides is 1. The molecule has 0 saturated heterocycles. The molecule has 2 N–H and O–H groups in total. The molecule has 26 heavy (non-hydrogen) atoms. The largest absolute Gasteiger partial charge is 0.504 e. The van der Waals surface area contributed by atoms with E-state index in [2.05, 4.69) is 9.73 Å². The summed E-state index contributed by atoms with van der Waals surface area (Å²) < 4.78 is 32.5. The van der Waals surface area contributed by atoms with E-state index in [4.69, 9.17) is 0 Å². The van der Waals surface area contributed by atoms with E-state index < -0.39 is 35.1 Å². The minimum absolute atomic E-state index is 0.161. The smallest absolute Gasteiger partial charge is 0.434 e. The number of hydrogen-bond acceptors (Lipinski definition) is 4. The first-order chi connectivity index (χ1) is 12.3. The molecule has 0 aliphatic heterocycles. The molecule has 7 nitrogen and oxygen atoms in total. The number of pyridine rings is 1. The second-order valence-corrected chi connectivity index (χ2v) is 4.93. The normalized spacial score (nSPS) is 11.1. The zero-order valence-electron chi connectivity index (χ0n) is 13.5. The lowest BCUT2D eigenvalue weighted by molar-refractivity contribution is -0.130. The second-order valence-electron chi connectivity index (χ2n) is 4.93. The summed E-state index contributed by atoms with van der Waals surface area (Å²) in [6, 6.07) is 3.97. The van der Waals surface area contributed by atoms with Crippen LogP contribution in [0.3, 0.4) is 0 Å². The molecule has 0 atom stereocenters. The number of aromatic hydroxyl groups is 1. The van der Waals surface area contributed by atoms with Crippen LogP contribution in [0.1, 0.15) is 12.5 Å². The summed E-state index contributed by atoms with van der Waals surface area (Å²) >= 11 is 0. The van der Waals surface area contributed by atoms with Crippen LogP contribution in [-0.2, 0) is 9.53 Å². The van der Waals surface area contributed by atoms with Gasteiger partial charge < -0.3 is 19.5 Å². The van der Waals surface area contributed by atoms with Crippen molar-refractivity contribution >= 4 is 23.8 Å². The first kappa shape index (κ1) is 18.8. The molecule has 2 rings (SSSR count). The molecule has 1 aromatic carbocycles. The van der Waals surface area contributed by atoms with Crippen molar-refractivity contribution in [2.24, 2.45) is 4.99 Å². The van der Waals surface area contributed by atoms with Gasteiger partial charge in [-0.2, -0.15) is 4.99 Å². The number of phenolic OH excluding ortho intramolecular Hbond substituents is 1. The zero-order chi connectivity index (χ0) is 19.3. The fraction of sp³-hybridized carbons (Fsp3) is 0.118. The lowest BCUT2D eigenvalue weighted by atomic mass is 10.1. The van der Waals surface area contributed by atoms with Crippen LogP contribution < -0.4 is 5.36 Å². The Morgan fingerprint density at radius 2 is 1.92 bits per heavy atom. The van der Waals surface area contributed by atoms with E-state index in [-0.39, 0.29) is 17.5 Å². The van der Waals surface area contributed by atoms with Gasteiger partial charge >= 0.3 is 12.1 Å². The molecule has 0 unspecified atom stereocenters. The van der Waals surface area contributed by atoms with Gasteiger partial charge in [0, 0.05) is 24.0 Å². The fourth-order valence-electron chi connectivity index (χ4n) is 2.00. The number of carboxylic acids is 1. The predicted octanol–water partition coefficient (Wildman–Crippen LogP) is 2.61. The number of benzene rings is 1. The Balaban J connectivity index is 2.46. The number of phenols is 1. The van der Waals surface area contributed by atoms with Crippen LogP contribution in [0.4, 0.5) is 13.6 Å². The van der Waals surface area contributed by atoms with Crippen LogP contribution in [0.2, 0.25) is 0 Å². The van der Waals surface area contributed by atoms with Crippen LogP contribution in [0.15, 0.2) is 41.7 Å². The molecular formula is C17H14F2N2O5. The summed E-state index contributed by atoms with van der Waals surface area (Å²) in [6.07, 6.45) is 2.68. The number of aliphatic carboxylic acids is 1. The first-order valence-electron chi connectivity index (χ1n) is 7.35. The number of carbonyl (C=O) groups is 2. The minimum Gasteiger partial charge on any atom is -0.504 e. The average Bonchev–Trinajstić information content (AvgIpc) is 2.57. The third-order valence-electron chi connectivity index (χ3n) is 3.15. The Labute approximate surface area is 146 Å². The van der Waals surface area contributed by atoms with Crippen molar-refractivity contribution < 1.29 is 33.3 Å². The summed E-state index contributed by atoms with van der Waals surface area (Å²) in [7, 11) is 0. The number of halogens is 2. The topological polar surface area (TPSA) is 101 Å². The summed E-state index contributed by atoms with van der Waals surface area (Å²) in [5.41, 5.74) is -0.735. The number of nitrogens with zero attached hydrogens (tertiary/aromatic N) is 2. The number of hydrogen-bond donors (Lipinski definition) is 2. The second kappa shape index (κ2) is 8.06. The van der Waals surface area contributed by atoms with E-state index in [9.17, 15) is 28.6 Å². The van der Waals surface area contributed by atoms with Gasteiger partial charge in [0.25, 0.3) is 0 Å².